The first-order valence-corrected chi connectivity index (χ1v) is 5.37. The molecule has 0 N–H and O–H groups in total. The van der Waals surface area contributed by atoms with Crippen LogP contribution >= 0.6 is 0 Å². The predicted molar refractivity (Wildman–Crippen MR) is 66.5 cm³/mol. The Morgan fingerprint density at radius 2 is 1.69 bits per heavy atom. The molecular weight excluding hydrogens is 196 g/mol. The summed E-state index contributed by atoms with van der Waals surface area (Å²) in [6, 6.07) is 10.4. The molecule has 0 radical (unpaired) electrons. The molecule has 0 saturated carbocycles. The van der Waals surface area contributed by atoms with E-state index in [0.717, 1.165) is 22.1 Å². The molecule has 78 valence electrons. The first kappa shape index (κ1) is 9.28. The largest absolute Gasteiger partial charge is 0.254 e. The lowest BCUT2D eigenvalue weighted by molar-refractivity contribution is 1.25. The highest BCUT2D eigenvalue weighted by molar-refractivity contribution is 6.03. The summed E-state index contributed by atoms with van der Waals surface area (Å²) in [5, 5.41) is 2.34. The normalized spacial score (nSPS) is 11.1. The minimum atomic E-state index is 1.00. The lowest BCUT2D eigenvalue weighted by atomic mass is 10.1. The average molecular weight is 208 g/mol. The molecule has 3 rings (SSSR count). The zero-order chi connectivity index (χ0) is 11.1. The molecule has 0 unspecified atom stereocenters. The van der Waals surface area contributed by atoms with Crippen LogP contribution in [0.2, 0.25) is 0 Å². The van der Waals surface area contributed by atoms with Gasteiger partial charge in [-0.05, 0) is 31.5 Å². The highest BCUT2D eigenvalue weighted by Crippen LogP contribution is 2.24. The quantitative estimate of drug-likeness (QED) is 0.529. The molecule has 0 bridgehead atoms. The van der Waals surface area contributed by atoms with E-state index >= 15 is 0 Å². The number of hydrogen-bond donors (Lipinski definition) is 0. The fraction of sp³-hybridized carbons (Fsp3) is 0.143. The highest BCUT2D eigenvalue weighted by atomic mass is 14.7. The Bertz CT molecular complexity index is 687. The van der Waals surface area contributed by atoms with Crippen molar-refractivity contribution in [2.75, 3.05) is 0 Å². The van der Waals surface area contributed by atoms with Crippen molar-refractivity contribution in [1.82, 2.24) is 9.97 Å². The summed E-state index contributed by atoms with van der Waals surface area (Å²) < 4.78 is 0. The third-order valence-corrected chi connectivity index (χ3v) is 2.93. The Hall–Kier alpha value is -1.96. The molecule has 2 heteroatoms. The monoisotopic (exact) mass is 208 g/mol. The van der Waals surface area contributed by atoms with Crippen molar-refractivity contribution < 1.29 is 0 Å². The van der Waals surface area contributed by atoms with Gasteiger partial charge < -0.3 is 0 Å². The number of aryl methyl sites for hydroxylation is 2. The Kier molecular flexibility index (Phi) is 1.90. The van der Waals surface area contributed by atoms with Gasteiger partial charge in [0, 0.05) is 22.7 Å². The maximum Gasteiger partial charge on any atom is 0.0967 e. The van der Waals surface area contributed by atoms with Gasteiger partial charge in [-0.15, -0.1) is 0 Å². The van der Waals surface area contributed by atoms with Gasteiger partial charge in [0.05, 0.1) is 11.0 Å². The van der Waals surface area contributed by atoms with E-state index in [1.807, 2.05) is 25.3 Å². The van der Waals surface area contributed by atoms with Crippen molar-refractivity contribution >= 4 is 21.8 Å². The number of pyridine rings is 2. The van der Waals surface area contributed by atoms with Crippen LogP contribution in [0.4, 0.5) is 0 Å². The molecule has 3 aromatic rings. The number of hydrogen-bond acceptors (Lipinski definition) is 2. The second-order valence-corrected chi connectivity index (χ2v) is 4.11. The minimum Gasteiger partial charge on any atom is -0.254 e. The molecule has 0 amide bonds. The van der Waals surface area contributed by atoms with Gasteiger partial charge in [-0.3, -0.25) is 9.97 Å². The van der Waals surface area contributed by atoms with Gasteiger partial charge in [0.2, 0.25) is 0 Å². The Balaban J connectivity index is 2.58. The van der Waals surface area contributed by atoms with E-state index in [9.17, 15) is 0 Å². The van der Waals surface area contributed by atoms with Crippen LogP contribution in [0, 0.1) is 13.8 Å². The summed E-state index contributed by atoms with van der Waals surface area (Å²) >= 11 is 0. The van der Waals surface area contributed by atoms with E-state index in [-0.39, 0.29) is 0 Å². The molecule has 0 spiro atoms. The van der Waals surface area contributed by atoms with Gasteiger partial charge in [-0.2, -0.15) is 0 Å². The molecule has 2 nitrogen and oxygen atoms in total. The van der Waals surface area contributed by atoms with Gasteiger partial charge in [-0.25, -0.2) is 0 Å². The Labute approximate surface area is 94.0 Å². The van der Waals surface area contributed by atoms with Crippen LogP contribution < -0.4 is 0 Å². The van der Waals surface area contributed by atoms with Crippen LogP contribution in [0.5, 0.6) is 0 Å². The zero-order valence-electron chi connectivity index (χ0n) is 9.36. The number of nitrogens with zero attached hydrogens (tertiary/aromatic N) is 2. The van der Waals surface area contributed by atoms with Gasteiger partial charge >= 0.3 is 0 Å². The molecule has 0 saturated heterocycles. The van der Waals surface area contributed by atoms with Crippen molar-refractivity contribution in [2.24, 2.45) is 0 Å². The van der Waals surface area contributed by atoms with E-state index in [1.54, 1.807) is 0 Å². The highest BCUT2D eigenvalue weighted by Gasteiger charge is 2.04. The Morgan fingerprint density at radius 1 is 0.875 bits per heavy atom. The van der Waals surface area contributed by atoms with E-state index in [4.69, 9.17) is 0 Å². The van der Waals surface area contributed by atoms with Gasteiger partial charge in [0.25, 0.3) is 0 Å². The lowest BCUT2D eigenvalue weighted by Crippen LogP contribution is -1.88. The van der Waals surface area contributed by atoms with Crippen LogP contribution in [-0.2, 0) is 0 Å². The van der Waals surface area contributed by atoms with E-state index in [1.165, 1.54) is 10.9 Å². The number of aromatic nitrogens is 2. The third-order valence-electron chi connectivity index (χ3n) is 2.93. The fourth-order valence-corrected chi connectivity index (χ4v) is 2.03. The maximum atomic E-state index is 4.58. The second kappa shape index (κ2) is 3.27. The summed E-state index contributed by atoms with van der Waals surface area (Å²) in [6.45, 7) is 4.11. The van der Waals surface area contributed by atoms with Gasteiger partial charge in [0.15, 0.2) is 0 Å². The SMILES string of the molecule is Cc1ccc2ccc3c(C)ccnc3c2n1. The first-order valence-electron chi connectivity index (χ1n) is 5.37. The van der Waals surface area contributed by atoms with E-state index in [0.29, 0.717) is 0 Å². The summed E-state index contributed by atoms with van der Waals surface area (Å²) in [5.41, 5.74) is 4.28. The van der Waals surface area contributed by atoms with Crippen LogP contribution in [0.25, 0.3) is 21.8 Å². The lowest BCUT2D eigenvalue weighted by Gasteiger charge is -2.05. The number of fused-ring (bicyclic) bond motifs is 3. The summed E-state index contributed by atoms with van der Waals surface area (Å²) in [4.78, 5) is 9.03. The van der Waals surface area contributed by atoms with Crippen molar-refractivity contribution in [3.05, 3.63) is 47.8 Å². The molecule has 0 fully saturated rings. The van der Waals surface area contributed by atoms with Gasteiger partial charge in [-0.1, -0.05) is 18.2 Å². The maximum absolute atomic E-state index is 4.58. The number of benzene rings is 1. The third kappa shape index (κ3) is 1.27. The first-order chi connectivity index (χ1) is 7.75. The zero-order valence-corrected chi connectivity index (χ0v) is 9.36. The molecule has 16 heavy (non-hydrogen) atoms. The van der Waals surface area contributed by atoms with Crippen LogP contribution in [0.1, 0.15) is 11.3 Å². The molecule has 0 atom stereocenters. The number of rotatable bonds is 0. The van der Waals surface area contributed by atoms with Crippen molar-refractivity contribution in [3.63, 3.8) is 0 Å². The molecule has 0 aliphatic heterocycles. The van der Waals surface area contributed by atoms with Crippen LogP contribution in [0.3, 0.4) is 0 Å². The summed E-state index contributed by atoms with van der Waals surface area (Å²) in [7, 11) is 0. The topological polar surface area (TPSA) is 25.8 Å². The second-order valence-electron chi connectivity index (χ2n) is 4.11. The van der Waals surface area contributed by atoms with Crippen molar-refractivity contribution in [2.45, 2.75) is 13.8 Å². The predicted octanol–water partition coefficient (Wildman–Crippen LogP) is 3.40. The van der Waals surface area contributed by atoms with Crippen LogP contribution in [0.15, 0.2) is 36.5 Å². The molecular formula is C14H12N2. The molecule has 2 aromatic heterocycles. The van der Waals surface area contributed by atoms with E-state index < -0.39 is 0 Å². The molecule has 0 aliphatic rings. The standard InChI is InChI=1S/C14H12N2/c1-9-7-8-15-14-12(9)6-5-11-4-3-10(2)16-13(11)14/h3-8H,1-2H3. The van der Waals surface area contributed by atoms with Crippen molar-refractivity contribution in [3.8, 4) is 0 Å². The molecule has 2 heterocycles. The average Bonchev–Trinajstić information content (AvgIpc) is 2.29. The molecule has 0 aliphatic carbocycles. The summed E-state index contributed by atoms with van der Waals surface area (Å²) in [5.74, 6) is 0. The summed E-state index contributed by atoms with van der Waals surface area (Å²) in [6.07, 6.45) is 1.85. The smallest absolute Gasteiger partial charge is 0.0967 e. The van der Waals surface area contributed by atoms with Crippen LogP contribution in [-0.4, -0.2) is 9.97 Å². The minimum absolute atomic E-state index is 1.00. The molecule has 1 aromatic carbocycles. The fourth-order valence-electron chi connectivity index (χ4n) is 2.03. The van der Waals surface area contributed by atoms with E-state index in [2.05, 4.69) is 35.1 Å². The van der Waals surface area contributed by atoms with Gasteiger partial charge in [0.1, 0.15) is 0 Å². The Morgan fingerprint density at radius 3 is 2.56 bits per heavy atom. The van der Waals surface area contributed by atoms with Crippen molar-refractivity contribution in [1.29, 1.82) is 0 Å².